The Labute approximate surface area is 49.0 Å². The molecule has 0 atom stereocenters. The summed E-state index contributed by atoms with van der Waals surface area (Å²) in [5.74, 6) is 0. The van der Waals surface area contributed by atoms with Gasteiger partial charge in [0.25, 0.3) is 0 Å². The first kappa shape index (κ1) is 4.77. The molecule has 2 nitrogen and oxygen atoms in total. The maximum absolute atomic E-state index is 4.85. The van der Waals surface area contributed by atoms with Crippen molar-refractivity contribution in [2.24, 2.45) is 0 Å². The van der Waals surface area contributed by atoms with E-state index >= 15 is 0 Å². The Morgan fingerprint density at radius 1 is 1.00 bits per heavy atom. The number of hydrogen-bond acceptors (Lipinski definition) is 2. The van der Waals surface area contributed by atoms with Crippen LogP contribution in [0.15, 0.2) is 24.7 Å². The second-order valence-corrected chi connectivity index (χ2v) is 2.31. The van der Waals surface area contributed by atoms with Crippen LogP contribution in [0.1, 0.15) is 0 Å². The van der Waals surface area contributed by atoms with Gasteiger partial charge in [-0.05, 0) is 0 Å². The van der Waals surface area contributed by atoms with E-state index in [1.807, 2.05) is 0 Å². The summed E-state index contributed by atoms with van der Waals surface area (Å²) in [7, 11) is 0. The zero-order chi connectivity index (χ0) is 4.95. The summed E-state index contributed by atoms with van der Waals surface area (Å²) in [6.45, 7) is 0. The Morgan fingerprint density at radius 2 is 1.57 bits per heavy atom. The molecule has 36 valence electrons. The molecule has 1 heterocycles. The van der Waals surface area contributed by atoms with Crippen LogP contribution in [0.2, 0.25) is 0 Å². The molecular formula is C4H4GeO2. The first-order valence-electron chi connectivity index (χ1n) is 1.88. The van der Waals surface area contributed by atoms with Crippen LogP contribution < -0.4 is 0 Å². The molecule has 0 aromatic rings. The van der Waals surface area contributed by atoms with Crippen LogP contribution in [0.4, 0.5) is 0 Å². The zero-order valence-corrected chi connectivity index (χ0v) is 5.72. The van der Waals surface area contributed by atoms with Crippen molar-refractivity contribution in [1.29, 1.82) is 0 Å². The average molecular weight is 157 g/mol. The predicted molar refractivity (Wildman–Crippen MR) is 26.2 cm³/mol. The van der Waals surface area contributed by atoms with Crippen molar-refractivity contribution in [3.63, 3.8) is 0 Å². The van der Waals surface area contributed by atoms with E-state index in [1.54, 1.807) is 24.7 Å². The molecule has 2 radical (unpaired) electrons. The Morgan fingerprint density at radius 3 is 2.14 bits per heavy atom. The van der Waals surface area contributed by atoms with Gasteiger partial charge < -0.3 is 0 Å². The van der Waals surface area contributed by atoms with E-state index in [0.29, 0.717) is 0 Å². The average Bonchev–Trinajstić information content (AvgIpc) is 1.90. The van der Waals surface area contributed by atoms with Crippen LogP contribution >= 0.6 is 0 Å². The normalized spacial score (nSPS) is 17.1. The molecule has 0 spiro atoms. The monoisotopic (exact) mass is 158 g/mol. The molecule has 0 N–H and O–H groups in total. The molecule has 1 aliphatic heterocycles. The minimum atomic E-state index is -0.597. The van der Waals surface area contributed by atoms with E-state index in [1.165, 1.54) is 0 Å². The van der Waals surface area contributed by atoms with E-state index in [4.69, 9.17) is 7.53 Å². The van der Waals surface area contributed by atoms with Gasteiger partial charge in [0, 0.05) is 0 Å². The molecule has 0 aliphatic carbocycles. The minimum absolute atomic E-state index is 0.597. The first-order chi connectivity index (χ1) is 3.50. The Bertz CT molecular complexity index is 85.9. The predicted octanol–water partition coefficient (Wildman–Crippen LogP) is 0.595. The van der Waals surface area contributed by atoms with Crippen molar-refractivity contribution in [2.75, 3.05) is 0 Å². The molecule has 1 aliphatic rings. The number of rotatable bonds is 0. The van der Waals surface area contributed by atoms with E-state index in [0.717, 1.165) is 0 Å². The summed E-state index contributed by atoms with van der Waals surface area (Å²) >= 11 is -0.597. The van der Waals surface area contributed by atoms with E-state index < -0.39 is 16.1 Å². The topological polar surface area (TPSA) is 18.5 Å². The molecule has 0 fully saturated rings. The van der Waals surface area contributed by atoms with Crippen molar-refractivity contribution in [3.05, 3.63) is 24.7 Å². The Kier molecular flexibility index (Phi) is 1.87. The van der Waals surface area contributed by atoms with Gasteiger partial charge in [0.05, 0.1) is 0 Å². The zero-order valence-electron chi connectivity index (χ0n) is 3.63. The van der Waals surface area contributed by atoms with Gasteiger partial charge in [-0.25, -0.2) is 0 Å². The fraction of sp³-hybridized carbons (Fsp3) is 0. The molecule has 3 heteroatoms. The van der Waals surface area contributed by atoms with E-state index in [2.05, 4.69) is 0 Å². The third-order valence-electron chi connectivity index (χ3n) is 0.501. The standard InChI is InChI=1S/C4H4GeO2/c1-2-4-7-5-6-3-1/h1-4H. The van der Waals surface area contributed by atoms with Gasteiger partial charge in [0.2, 0.25) is 0 Å². The number of allylic oxidation sites excluding steroid dienone is 2. The van der Waals surface area contributed by atoms with Crippen molar-refractivity contribution >= 4 is 16.1 Å². The van der Waals surface area contributed by atoms with Gasteiger partial charge in [-0.2, -0.15) is 0 Å². The quantitative estimate of drug-likeness (QED) is 0.479. The van der Waals surface area contributed by atoms with E-state index in [9.17, 15) is 0 Å². The van der Waals surface area contributed by atoms with Gasteiger partial charge >= 0.3 is 48.3 Å². The van der Waals surface area contributed by atoms with Crippen molar-refractivity contribution in [2.45, 2.75) is 0 Å². The second kappa shape index (κ2) is 2.74. The van der Waals surface area contributed by atoms with Crippen LogP contribution in [-0.4, -0.2) is 16.1 Å². The van der Waals surface area contributed by atoms with Crippen molar-refractivity contribution in [3.8, 4) is 0 Å². The van der Waals surface area contributed by atoms with Crippen molar-refractivity contribution in [1.82, 2.24) is 0 Å². The molecule has 0 amide bonds. The summed E-state index contributed by atoms with van der Waals surface area (Å²) in [6.07, 6.45) is 6.89. The van der Waals surface area contributed by atoms with E-state index in [-0.39, 0.29) is 0 Å². The summed E-state index contributed by atoms with van der Waals surface area (Å²) in [5, 5.41) is 0. The number of hydrogen-bond donors (Lipinski definition) is 0. The second-order valence-electron chi connectivity index (χ2n) is 0.976. The van der Waals surface area contributed by atoms with Gasteiger partial charge in [0.1, 0.15) is 0 Å². The van der Waals surface area contributed by atoms with Gasteiger partial charge in [-0.15, -0.1) is 0 Å². The molecular weight excluding hydrogens is 153 g/mol. The molecule has 0 saturated heterocycles. The SMILES string of the molecule is C1=C[O][Ge][O]C=C1. The maximum atomic E-state index is 4.85. The molecule has 1 rings (SSSR count). The summed E-state index contributed by atoms with van der Waals surface area (Å²) in [6, 6.07) is 0. The Hall–Kier alpha value is -0.377. The molecule has 0 aromatic carbocycles. The molecule has 0 saturated carbocycles. The Balaban J connectivity index is 2.39. The summed E-state index contributed by atoms with van der Waals surface area (Å²) in [5.41, 5.74) is 0. The fourth-order valence-corrected chi connectivity index (χ4v) is 0.932. The van der Waals surface area contributed by atoms with Crippen molar-refractivity contribution < 1.29 is 7.53 Å². The van der Waals surface area contributed by atoms with Crippen LogP contribution in [0.5, 0.6) is 0 Å². The third kappa shape index (κ3) is 1.68. The van der Waals surface area contributed by atoms with Gasteiger partial charge in [-0.1, -0.05) is 0 Å². The summed E-state index contributed by atoms with van der Waals surface area (Å²) in [4.78, 5) is 0. The van der Waals surface area contributed by atoms with Crippen LogP contribution in [0.3, 0.4) is 0 Å². The van der Waals surface area contributed by atoms with Crippen LogP contribution in [0, 0.1) is 0 Å². The van der Waals surface area contributed by atoms with Crippen LogP contribution in [-0.2, 0) is 7.53 Å². The van der Waals surface area contributed by atoms with Gasteiger partial charge in [-0.3, -0.25) is 0 Å². The molecule has 0 bridgehead atoms. The fourth-order valence-electron chi connectivity index (χ4n) is 0.253. The molecule has 7 heavy (non-hydrogen) atoms. The summed E-state index contributed by atoms with van der Waals surface area (Å²) < 4.78 is 9.71. The first-order valence-corrected chi connectivity index (χ1v) is 3.59. The molecule has 0 aromatic heterocycles. The third-order valence-corrected chi connectivity index (χ3v) is 1.48. The van der Waals surface area contributed by atoms with Crippen LogP contribution in [0.25, 0.3) is 0 Å². The molecule has 0 unspecified atom stereocenters. The van der Waals surface area contributed by atoms with Gasteiger partial charge in [0.15, 0.2) is 0 Å².